The highest BCUT2D eigenvalue weighted by Gasteiger charge is 2.33. The topological polar surface area (TPSA) is 83.9 Å². The van der Waals surface area contributed by atoms with Gasteiger partial charge in [0, 0.05) is 31.4 Å². The molecule has 0 aliphatic carbocycles. The van der Waals surface area contributed by atoms with Crippen molar-refractivity contribution in [2.45, 2.75) is 19.0 Å². The minimum Gasteiger partial charge on any atom is -0.355 e. The van der Waals surface area contributed by atoms with Gasteiger partial charge >= 0.3 is 6.18 Å². The molecule has 1 fully saturated rings. The Hall–Kier alpha value is -2.79. The molecule has 0 unspecified atom stereocenters. The summed E-state index contributed by atoms with van der Waals surface area (Å²) < 4.78 is 38.4. The van der Waals surface area contributed by atoms with E-state index in [1.165, 1.54) is 11.3 Å². The summed E-state index contributed by atoms with van der Waals surface area (Å²) in [7, 11) is 0. The number of piperidine rings is 1. The third kappa shape index (κ3) is 4.93. The molecular formula is C19H16ClF3N6OS. The fourth-order valence-electron chi connectivity index (χ4n) is 3.25. The second kappa shape index (κ2) is 8.75. The second-order valence-corrected chi connectivity index (χ2v) is 8.29. The summed E-state index contributed by atoms with van der Waals surface area (Å²) in [5.74, 6) is -0.140. The average molecular weight is 469 g/mol. The molecule has 1 N–H and O–H groups in total. The highest BCUT2D eigenvalue weighted by atomic mass is 35.5. The van der Waals surface area contributed by atoms with Crippen molar-refractivity contribution in [3.05, 3.63) is 47.2 Å². The van der Waals surface area contributed by atoms with Crippen LogP contribution < -0.4 is 10.2 Å². The van der Waals surface area contributed by atoms with Crippen molar-refractivity contribution < 1.29 is 18.0 Å². The van der Waals surface area contributed by atoms with Gasteiger partial charge in [0.25, 0.3) is 0 Å². The van der Waals surface area contributed by atoms with Crippen LogP contribution in [0.3, 0.4) is 0 Å². The van der Waals surface area contributed by atoms with Crippen LogP contribution in [0.1, 0.15) is 18.4 Å². The normalized spacial score (nSPS) is 15.2. The maximum absolute atomic E-state index is 12.8. The zero-order valence-corrected chi connectivity index (χ0v) is 17.5. The van der Waals surface area contributed by atoms with Gasteiger partial charge in [0.05, 0.1) is 10.6 Å². The summed E-state index contributed by atoms with van der Waals surface area (Å²) in [6.07, 6.45) is -1.05. The molecule has 4 rings (SSSR count). The monoisotopic (exact) mass is 468 g/mol. The first-order chi connectivity index (χ1) is 14.8. The summed E-state index contributed by atoms with van der Waals surface area (Å²) in [5.41, 5.74) is -0.215. The van der Waals surface area contributed by atoms with E-state index in [0.717, 1.165) is 12.3 Å². The minimum absolute atomic E-state index is 0.0614. The predicted octanol–water partition coefficient (Wildman–Crippen LogP) is 4.52. The number of nitrogens with zero attached hydrogens (tertiary/aromatic N) is 5. The van der Waals surface area contributed by atoms with Gasteiger partial charge in [-0.1, -0.05) is 29.0 Å². The number of rotatable bonds is 4. The Balaban J connectivity index is 1.35. The molecule has 1 amide bonds. The number of aromatic nitrogens is 4. The second-order valence-electron chi connectivity index (χ2n) is 6.91. The lowest BCUT2D eigenvalue weighted by atomic mass is 9.96. The van der Waals surface area contributed by atoms with Crippen molar-refractivity contribution in [2.75, 3.05) is 23.3 Å². The smallest absolute Gasteiger partial charge is 0.355 e. The van der Waals surface area contributed by atoms with Crippen molar-refractivity contribution in [1.29, 1.82) is 0 Å². The molecule has 0 saturated carbocycles. The highest BCUT2D eigenvalue weighted by Crippen LogP contribution is 2.35. The van der Waals surface area contributed by atoms with Crippen LogP contribution in [0.2, 0.25) is 5.02 Å². The molecule has 3 aromatic heterocycles. The van der Waals surface area contributed by atoms with Crippen molar-refractivity contribution in [1.82, 2.24) is 20.2 Å². The number of carbonyl (C=O) groups excluding carboxylic acids is 1. The average Bonchev–Trinajstić information content (AvgIpc) is 3.22. The first kappa shape index (κ1) is 21.4. The molecule has 1 aliphatic heterocycles. The van der Waals surface area contributed by atoms with E-state index in [2.05, 4.69) is 25.5 Å². The molecule has 0 bridgehead atoms. The van der Waals surface area contributed by atoms with Gasteiger partial charge in [-0.15, -0.1) is 10.2 Å². The first-order valence-electron chi connectivity index (χ1n) is 9.35. The van der Waals surface area contributed by atoms with E-state index in [1.54, 1.807) is 17.2 Å². The van der Waals surface area contributed by atoms with Crippen LogP contribution in [-0.2, 0) is 11.0 Å². The molecule has 3 aromatic rings. The molecule has 1 aliphatic rings. The predicted molar refractivity (Wildman–Crippen MR) is 111 cm³/mol. The summed E-state index contributed by atoms with van der Waals surface area (Å²) in [6.45, 7) is 0.900. The number of alkyl halides is 3. The number of pyridine rings is 2. The summed E-state index contributed by atoms with van der Waals surface area (Å²) in [5, 5.41) is 11.8. The fraction of sp³-hybridized carbons (Fsp3) is 0.316. The number of hydrogen-bond acceptors (Lipinski definition) is 7. The van der Waals surface area contributed by atoms with E-state index in [1.807, 2.05) is 12.1 Å². The standard InChI is InChI=1S/C19H16ClF3N6OS/c20-13-9-12(19(21,22)23)10-25-15(13)29-7-4-11(5-8-29)16(30)26-18-28-27-17(31-18)14-3-1-2-6-24-14/h1-3,6,9-11H,4-5,7-8H2,(H,26,28,30). The van der Waals surface area contributed by atoms with Crippen LogP contribution in [0.4, 0.5) is 24.1 Å². The van der Waals surface area contributed by atoms with Gasteiger partial charge in [-0.05, 0) is 31.0 Å². The molecule has 1 saturated heterocycles. The van der Waals surface area contributed by atoms with Gasteiger partial charge in [-0.2, -0.15) is 13.2 Å². The lowest BCUT2D eigenvalue weighted by molar-refractivity contribution is -0.137. The Labute approximate surface area is 184 Å². The van der Waals surface area contributed by atoms with E-state index in [0.29, 0.717) is 41.8 Å². The number of amides is 1. The van der Waals surface area contributed by atoms with E-state index in [4.69, 9.17) is 11.6 Å². The highest BCUT2D eigenvalue weighted by molar-refractivity contribution is 7.18. The summed E-state index contributed by atoms with van der Waals surface area (Å²) in [6, 6.07) is 6.32. The van der Waals surface area contributed by atoms with Crippen molar-refractivity contribution in [3.63, 3.8) is 0 Å². The van der Waals surface area contributed by atoms with Crippen LogP contribution >= 0.6 is 22.9 Å². The first-order valence-corrected chi connectivity index (χ1v) is 10.5. The molecule has 162 valence electrons. The van der Waals surface area contributed by atoms with Crippen LogP contribution in [0.15, 0.2) is 36.7 Å². The maximum atomic E-state index is 12.8. The van der Waals surface area contributed by atoms with Gasteiger partial charge < -0.3 is 10.2 Å². The number of halogens is 4. The zero-order chi connectivity index (χ0) is 22.0. The van der Waals surface area contributed by atoms with Crippen LogP contribution in [0.5, 0.6) is 0 Å². The number of carbonyl (C=O) groups is 1. The quantitative estimate of drug-likeness (QED) is 0.606. The molecule has 7 nitrogen and oxygen atoms in total. The molecular weight excluding hydrogens is 453 g/mol. The third-order valence-corrected chi connectivity index (χ3v) is 5.99. The Kier molecular flexibility index (Phi) is 6.05. The summed E-state index contributed by atoms with van der Waals surface area (Å²) in [4.78, 5) is 22.5. The molecule has 0 radical (unpaired) electrons. The van der Waals surface area contributed by atoms with Crippen molar-refractivity contribution in [2.24, 2.45) is 5.92 Å². The maximum Gasteiger partial charge on any atom is 0.417 e. The van der Waals surface area contributed by atoms with Gasteiger partial charge in [-0.3, -0.25) is 9.78 Å². The third-order valence-electron chi connectivity index (χ3n) is 4.85. The van der Waals surface area contributed by atoms with Gasteiger partial charge in [-0.25, -0.2) is 4.98 Å². The SMILES string of the molecule is O=C(Nc1nnc(-c2ccccn2)s1)C1CCN(c2ncc(C(F)(F)F)cc2Cl)CC1. The molecule has 4 heterocycles. The Morgan fingerprint density at radius 2 is 1.97 bits per heavy atom. The lowest BCUT2D eigenvalue weighted by Crippen LogP contribution is -2.38. The Morgan fingerprint density at radius 1 is 1.19 bits per heavy atom. The van der Waals surface area contributed by atoms with E-state index in [-0.39, 0.29) is 22.7 Å². The number of nitrogens with one attached hydrogen (secondary N) is 1. The Bertz CT molecular complexity index is 1070. The van der Waals surface area contributed by atoms with E-state index >= 15 is 0 Å². The number of anilines is 2. The molecule has 31 heavy (non-hydrogen) atoms. The molecule has 0 aromatic carbocycles. The summed E-state index contributed by atoms with van der Waals surface area (Å²) >= 11 is 7.26. The fourth-order valence-corrected chi connectivity index (χ4v) is 4.26. The van der Waals surface area contributed by atoms with Gasteiger partial charge in [0.1, 0.15) is 11.5 Å². The molecule has 12 heteroatoms. The molecule has 0 spiro atoms. The Morgan fingerprint density at radius 3 is 2.61 bits per heavy atom. The minimum atomic E-state index is -4.50. The van der Waals surface area contributed by atoms with Crippen LogP contribution in [-0.4, -0.2) is 39.2 Å². The zero-order valence-electron chi connectivity index (χ0n) is 15.9. The van der Waals surface area contributed by atoms with E-state index < -0.39 is 11.7 Å². The van der Waals surface area contributed by atoms with Crippen LogP contribution in [0.25, 0.3) is 10.7 Å². The molecule has 0 atom stereocenters. The number of hydrogen-bond donors (Lipinski definition) is 1. The van der Waals surface area contributed by atoms with Crippen molar-refractivity contribution >= 4 is 39.8 Å². The van der Waals surface area contributed by atoms with E-state index in [9.17, 15) is 18.0 Å². The van der Waals surface area contributed by atoms with Gasteiger partial charge in [0.15, 0.2) is 5.01 Å². The largest absolute Gasteiger partial charge is 0.417 e. The lowest BCUT2D eigenvalue weighted by Gasteiger charge is -2.32. The van der Waals surface area contributed by atoms with Crippen molar-refractivity contribution in [3.8, 4) is 10.7 Å². The van der Waals surface area contributed by atoms with Gasteiger partial charge in [0.2, 0.25) is 11.0 Å². The van der Waals surface area contributed by atoms with Crippen LogP contribution in [0, 0.1) is 5.92 Å².